The van der Waals surface area contributed by atoms with E-state index in [-0.39, 0.29) is 12.1 Å². The van der Waals surface area contributed by atoms with E-state index in [4.69, 9.17) is 22.1 Å². The van der Waals surface area contributed by atoms with Crippen molar-refractivity contribution >= 4 is 23.1 Å². The Labute approximate surface area is 130 Å². The third kappa shape index (κ3) is 4.26. The fraction of sp³-hybridized carbons (Fsp3) is 0.312. The molecule has 0 saturated carbocycles. The van der Waals surface area contributed by atoms with E-state index in [0.717, 1.165) is 16.4 Å². The van der Waals surface area contributed by atoms with Gasteiger partial charge in [-0.15, -0.1) is 0 Å². The van der Waals surface area contributed by atoms with E-state index in [1.54, 1.807) is 6.07 Å². The highest BCUT2D eigenvalue weighted by molar-refractivity contribution is 6.30. The van der Waals surface area contributed by atoms with Crippen molar-refractivity contribution in [3.8, 4) is 5.88 Å². The number of hydrogen-bond donors (Lipinski definition) is 2. The molecule has 0 aliphatic rings. The molecule has 3 N–H and O–H groups in total. The van der Waals surface area contributed by atoms with Gasteiger partial charge in [0, 0.05) is 11.1 Å². The topological polar surface area (TPSA) is 60.2 Å². The molecule has 1 atom stereocenters. The van der Waals surface area contributed by atoms with Gasteiger partial charge in [0.05, 0.1) is 11.8 Å². The number of rotatable bonds is 5. The molecule has 0 aliphatic carbocycles. The van der Waals surface area contributed by atoms with Gasteiger partial charge in [0.25, 0.3) is 0 Å². The number of anilines is 2. The summed E-state index contributed by atoms with van der Waals surface area (Å²) < 4.78 is 5.60. The fourth-order valence-corrected chi connectivity index (χ4v) is 2.03. The molecule has 112 valence electrons. The van der Waals surface area contributed by atoms with Crippen LogP contribution in [-0.4, -0.2) is 11.1 Å². The van der Waals surface area contributed by atoms with Gasteiger partial charge >= 0.3 is 0 Å². The summed E-state index contributed by atoms with van der Waals surface area (Å²) in [6.45, 7) is 5.94. The molecular formula is C16H20ClN3O. The molecule has 5 heteroatoms. The Hall–Kier alpha value is -1.94. The molecule has 0 fully saturated rings. The Morgan fingerprint density at radius 2 is 1.76 bits per heavy atom. The number of benzene rings is 1. The summed E-state index contributed by atoms with van der Waals surface area (Å²) in [7, 11) is 0. The first-order chi connectivity index (χ1) is 9.95. The van der Waals surface area contributed by atoms with Gasteiger partial charge in [0.1, 0.15) is 5.82 Å². The largest absolute Gasteiger partial charge is 0.473 e. The van der Waals surface area contributed by atoms with Crippen LogP contribution in [0.2, 0.25) is 5.02 Å². The third-order valence-electron chi connectivity index (χ3n) is 2.97. The van der Waals surface area contributed by atoms with Crippen molar-refractivity contribution in [1.29, 1.82) is 0 Å². The van der Waals surface area contributed by atoms with Crippen LogP contribution >= 0.6 is 11.6 Å². The second kappa shape index (κ2) is 6.68. The Bertz CT molecular complexity index is 599. The van der Waals surface area contributed by atoms with E-state index in [1.807, 2.05) is 44.2 Å². The molecule has 21 heavy (non-hydrogen) atoms. The highest BCUT2D eigenvalue weighted by Crippen LogP contribution is 2.25. The Kier molecular flexibility index (Phi) is 4.91. The van der Waals surface area contributed by atoms with Crippen molar-refractivity contribution in [3.63, 3.8) is 0 Å². The molecule has 1 heterocycles. The Morgan fingerprint density at radius 3 is 2.38 bits per heavy atom. The first-order valence-corrected chi connectivity index (χ1v) is 7.28. The quantitative estimate of drug-likeness (QED) is 0.865. The number of nitrogens with one attached hydrogen (secondary N) is 1. The lowest BCUT2D eigenvalue weighted by molar-refractivity contribution is 0.234. The number of ether oxygens (including phenoxy) is 1. The Morgan fingerprint density at radius 1 is 1.10 bits per heavy atom. The maximum atomic E-state index is 5.90. The molecule has 2 rings (SSSR count). The van der Waals surface area contributed by atoms with E-state index >= 15 is 0 Å². The van der Waals surface area contributed by atoms with Gasteiger partial charge in [-0.2, -0.15) is 4.98 Å². The van der Waals surface area contributed by atoms with Crippen molar-refractivity contribution in [1.82, 2.24) is 4.98 Å². The van der Waals surface area contributed by atoms with Crippen LogP contribution in [0.25, 0.3) is 0 Å². The number of aromatic nitrogens is 1. The molecule has 0 spiro atoms. The first kappa shape index (κ1) is 15.4. The molecular weight excluding hydrogens is 286 g/mol. The second-order valence-corrected chi connectivity index (χ2v) is 5.61. The number of nitrogen functional groups attached to an aromatic ring is 1. The van der Waals surface area contributed by atoms with E-state index in [2.05, 4.69) is 17.2 Å². The van der Waals surface area contributed by atoms with Crippen molar-refractivity contribution in [3.05, 3.63) is 47.0 Å². The van der Waals surface area contributed by atoms with Crippen LogP contribution in [0.5, 0.6) is 5.88 Å². The molecule has 0 amide bonds. The van der Waals surface area contributed by atoms with Gasteiger partial charge < -0.3 is 15.8 Å². The predicted octanol–water partition coefficient (Wildman–Crippen LogP) is 4.28. The lowest BCUT2D eigenvalue weighted by Gasteiger charge is -2.17. The van der Waals surface area contributed by atoms with E-state index in [1.165, 1.54) is 0 Å². The molecule has 1 aromatic heterocycles. The maximum absolute atomic E-state index is 5.90. The van der Waals surface area contributed by atoms with Crippen molar-refractivity contribution in [2.75, 3.05) is 11.1 Å². The predicted molar refractivity (Wildman–Crippen MR) is 87.9 cm³/mol. The van der Waals surface area contributed by atoms with Crippen molar-refractivity contribution in [2.45, 2.75) is 32.9 Å². The summed E-state index contributed by atoms with van der Waals surface area (Å²) in [5.41, 5.74) is 7.53. The fourth-order valence-electron chi connectivity index (χ4n) is 1.91. The zero-order valence-corrected chi connectivity index (χ0v) is 13.2. The summed E-state index contributed by atoms with van der Waals surface area (Å²) in [6.07, 6.45) is 0.0312. The standard InChI is InChI=1S/C16H20ClN3O/c1-10(2)21-16-14(18)8-9-15(20-16)19-11(3)12-4-6-13(17)7-5-12/h4-11H,18H2,1-3H3,(H,19,20). The minimum Gasteiger partial charge on any atom is -0.473 e. The molecule has 0 aliphatic heterocycles. The normalized spacial score (nSPS) is 12.2. The van der Waals surface area contributed by atoms with Gasteiger partial charge in [-0.3, -0.25) is 0 Å². The minimum atomic E-state index is 0.0312. The molecule has 4 nitrogen and oxygen atoms in total. The lowest BCUT2D eigenvalue weighted by Crippen LogP contribution is -2.12. The molecule has 0 bridgehead atoms. The number of hydrogen-bond acceptors (Lipinski definition) is 4. The number of pyridine rings is 1. The van der Waals surface area contributed by atoms with Gasteiger partial charge in [-0.25, -0.2) is 0 Å². The number of nitrogens with zero attached hydrogens (tertiary/aromatic N) is 1. The lowest BCUT2D eigenvalue weighted by atomic mass is 10.1. The molecule has 1 unspecified atom stereocenters. The van der Waals surface area contributed by atoms with Gasteiger partial charge in [-0.05, 0) is 50.6 Å². The first-order valence-electron chi connectivity index (χ1n) is 6.91. The zero-order valence-electron chi connectivity index (χ0n) is 12.4. The second-order valence-electron chi connectivity index (χ2n) is 5.18. The molecule has 1 aromatic carbocycles. The van der Waals surface area contributed by atoms with Crippen LogP contribution < -0.4 is 15.8 Å². The maximum Gasteiger partial charge on any atom is 0.239 e. The summed E-state index contributed by atoms with van der Waals surface area (Å²) >= 11 is 5.90. The molecule has 0 saturated heterocycles. The smallest absolute Gasteiger partial charge is 0.239 e. The summed E-state index contributed by atoms with van der Waals surface area (Å²) in [5, 5.41) is 4.05. The average Bonchev–Trinajstić information content (AvgIpc) is 2.42. The van der Waals surface area contributed by atoms with Crippen molar-refractivity contribution in [2.24, 2.45) is 0 Å². The van der Waals surface area contributed by atoms with E-state index in [9.17, 15) is 0 Å². The van der Waals surface area contributed by atoms with Gasteiger partial charge in [0.15, 0.2) is 0 Å². The molecule has 0 radical (unpaired) electrons. The monoisotopic (exact) mass is 305 g/mol. The van der Waals surface area contributed by atoms with Crippen LogP contribution in [0.3, 0.4) is 0 Å². The van der Waals surface area contributed by atoms with Crippen LogP contribution in [0, 0.1) is 0 Å². The van der Waals surface area contributed by atoms with E-state index in [0.29, 0.717) is 11.6 Å². The van der Waals surface area contributed by atoms with Gasteiger partial charge in [0.2, 0.25) is 5.88 Å². The number of nitrogens with two attached hydrogens (primary N) is 1. The zero-order chi connectivity index (χ0) is 15.4. The van der Waals surface area contributed by atoms with Crippen LogP contribution in [0.4, 0.5) is 11.5 Å². The highest BCUT2D eigenvalue weighted by atomic mass is 35.5. The summed E-state index contributed by atoms with van der Waals surface area (Å²) in [4.78, 5) is 4.41. The van der Waals surface area contributed by atoms with Crippen LogP contribution in [-0.2, 0) is 0 Å². The SMILES string of the molecule is CC(C)Oc1nc(NC(C)c2ccc(Cl)cc2)ccc1N. The minimum absolute atomic E-state index is 0.0312. The highest BCUT2D eigenvalue weighted by Gasteiger charge is 2.10. The van der Waals surface area contributed by atoms with Gasteiger partial charge in [-0.1, -0.05) is 23.7 Å². The third-order valence-corrected chi connectivity index (χ3v) is 3.22. The number of halogens is 1. The van der Waals surface area contributed by atoms with E-state index < -0.39 is 0 Å². The van der Waals surface area contributed by atoms with Crippen LogP contribution in [0.15, 0.2) is 36.4 Å². The Balaban J connectivity index is 2.13. The average molecular weight is 306 g/mol. The van der Waals surface area contributed by atoms with Crippen LogP contribution in [0.1, 0.15) is 32.4 Å². The molecule has 2 aromatic rings. The summed E-state index contributed by atoms with van der Waals surface area (Å²) in [6, 6.07) is 11.5. The van der Waals surface area contributed by atoms with Crippen molar-refractivity contribution < 1.29 is 4.74 Å². The summed E-state index contributed by atoms with van der Waals surface area (Å²) in [5.74, 6) is 1.18.